The minimum absolute atomic E-state index is 0.173. The van der Waals surface area contributed by atoms with Gasteiger partial charge in [0.1, 0.15) is 0 Å². The highest BCUT2D eigenvalue weighted by Gasteiger charge is 2.16. The molecule has 1 aromatic rings. The zero-order valence-corrected chi connectivity index (χ0v) is 10.3. The van der Waals surface area contributed by atoms with E-state index in [1.165, 1.54) is 0 Å². The quantitative estimate of drug-likeness (QED) is 0.893. The Morgan fingerprint density at radius 1 is 1.56 bits per heavy atom. The summed E-state index contributed by atoms with van der Waals surface area (Å²) in [6.07, 6.45) is 0.173. The topological polar surface area (TPSA) is 52.6 Å². The fourth-order valence-electron chi connectivity index (χ4n) is 1.82. The van der Waals surface area contributed by atoms with E-state index in [1.54, 1.807) is 0 Å². The molecular formula is C11H13BrN2O2. The van der Waals surface area contributed by atoms with Crippen LogP contribution in [0.3, 0.4) is 0 Å². The van der Waals surface area contributed by atoms with Gasteiger partial charge in [-0.25, -0.2) is 0 Å². The van der Waals surface area contributed by atoms with Crippen LogP contribution in [0.4, 0.5) is 11.4 Å². The molecule has 0 unspecified atom stereocenters. The van der Waals surface area contributed by atoms with Crippen molar-refractivity contribution in [3.63, 3.8) is 0 Å². The summed E-state index contributed by atoms with van der Waals surface area (Å²) in [5, 5.41) is 12.0. The number of nitrogens with one attached hydrogen (secondary N) is 1. The summed E-state index contributed by atoms with van der Waals surface area (Å²) in [7, 11) is 0. The normalized spacial score (nSPS) is 14.2. The molecule has 1 heterocycles. The van der Waals surface area contributed by atoms with Crippen molar-refractivity contribution in [2.45, 2.75) is 6.42 Å². The Kier molecular flexibility index (Phi) is 3.33. The van der Waals surface area contributed by atoms with E-state index in [1.807, 2.05) is 18.2 Å². The summed E-state index contributed by atoms with van der Waals surface area (Å²) in [6.45, 7) is 2.26. The second-order valence-electron chi connectivity index (χ2n) is 3.72. The lowest BCUT2D eigenvalue weighted by molar-refractivity contribution is -0.136. The maximum atomic E-state index is 10.6. The smallest absolute Gasteiger partial charge is 0.305 e. The molecule has 0 radical (unpaired) electrons. The Hall–Kier alpha value is -1.23. The van der Waals surface area contributed by atoms with Gasteiger partial charge in [0.2, 0.25) is 0 Å². The van der Waals surface area contributed by atoms with Crippen LogP contribution < -0.4 is 10.2 Å². The second-order valence-corrected chi connectivity index (χ2v) is 4.63. The summed E-state index contributed by atoms with van der Waals surface area (Å²) in [5.41, 5.74) is 2.14. The summed E-state index contributed by atoms with van der Waals surface area (Å²) in [4.78, 5) is 12.7. The highest BCUT2D eigenvalue weighted by molar-refractivity contribution is 9.10. The Morgan fingerprint density at radius 2 is 2.38 bits per heavy atom. The molecule has 0 amide bonds. The molecular weight excluding hydrogens is 272 g/mol. The minimum atomic E-state index is -0.755. The van der Waals surface area contributed by atoms with Crippen molar-refractivity contribution in [1.82, 2.24) is 0 Å². The van der Waals surface area contributed by atoms with E-state index in [4.69, 9.17) is 5.11 Å². The molecule has 0 aliphatic carbocycles. The second kappa shape index (κ2) is 4.74. The van der Waals surface area contributed by atoms with Crippen LogP contribution in [-0.4, -0.2) is 30.7 Å². The number of anilines is 2. The molecule has 1 aliphatic heterocycles. The highest BCUT2D eigenvalue weighted by Crippen LogP contribution is 2.31. The van der Waals surface area contributed by atoms with Crippen molar-refractivity contribution < 1.29 is 9.90 Å². The van der Waals surface area contributed by atoms with Crippen LogP contribution in [0, 0.1) is 0 Å². The number of hydrogen-bond donors (Lipinski definition) is 2. The van der Waals surface area contributed by atoms with Crippen molar-refractivity contribution >= 4 is 33.3 Å². The van der Waals surface area contributed by atoms with Crippen molar-refractivity contribution in [2.24, 2.45) is 0 Å². The first-order valence-electron chi connectivity index (χ1n) is 5.17. The van der Waals surface area contributed by atoms with Crippen LogP contribution in [0.25, 0.3) is 0 Å². The number of carboxylic acids is 1. The van der Waals surface area contributed by atoms with E-state index >= 15 is 0 Å². The van der Waals surface area contributed by atoms with E-state index in [2.05, 4.69) is 26.1 Å². The molecule has 0 bridgehead atoms. The molecule has 0 spiro atoms. The SMILES string of the molecule is O=C(O)CCN1CCNc2ccc(Br)cc21. The van der Waals surface area contributed by atoms with Crippen molar-refractivity contribution in [3.8, 4) is 0 Å². The molecule has 0 atom stereocenters. The van der Waals surface area contributed by atoms with Crippen LogP contribution >= 0.6 is 15.9 Å². The van der Waals surface area contributed by atoms with Gasteiger partial charge in [0, 0.05) is 24.1 Å². The van der Waals surface area contributed by atoms with Gasteiger partial charge in [0.25, 0.3) is 0 Å². The number of halogens is 1. The lowest BCUT2D eigenvalue weighted by Crippen LogP contribution is -2.35. The van der Waals surface area contributed by atoms with E-state index in [0.29, 0.717) is 6.54 Å². The minimum Gasteiger partial charge on any atom is -0.481 e. The van der Waals surface area contributed by atoms with Gasteiger partial charge in [-0.05, 0) is 18.2 Å². The van der Waals surface area contributed by atoms with Gasteiger partial charge >= 0.3 is 5.97 Å². The standard InChI is InChI=1S/C11H13BrN2O2/c12-8-1-2-9-10(7-8)14(6-4-13-9)5-3-11(15)16/h1-2,7,13H,3-6H2,(H,15,16). The fraction of sp³-hybridized carbons (Fsp3) is 0.364. The Labute approximate surface area is 102 Å². The summed E-state index contributed by atoms with van der Waals surface area (Å²) < 4.78 is 1.01. The van der Waals surface area contributed by atoms with E-state index in [0.717, 1.165) is 28.9 Å². The first-order valence-corrected chi connectivity index (χ1v) is 5.96. The lowest BCUT2D eigenvalue weighted by atomic mass is 10.2. The number of rotatable bonds is 3. The third-order valence-electron chi connectivity index (χ3n) is 2.59. The molecule has 1 aliphatic rings. The third kappa shape index (κ3) is 2.47. The van der Waals surface area contributed by atoms with Crippen LogP contribution in [-0.2, 0) is 4.79 Å². The van der Waals surface area contributed by atoms with Crippen LogP contribution in [0.2, 0.25) is 0 Å². The van der Waals surface area contributed by atoms with Crippen molar-refractivity contribution in [1.29, 1.82) is 0 Å². The molecule has 0 saturated heterocycles. The van der Waals surface area contributed by atoms with Gasteiger partial charge in [-0.1, -0.05) is 15.9 Å². The van der Waals surface area contributed by atoms with Gasteiger partial charge in [-0.2, -0.15) is 0 Å². The molecule has 0 saturated carbocycles. The highest BCUT2D eigenvalue weighted by atomic mass is 79.9. The average Bonchev–Trinajstić information content (AvgIpc) is 2.26. The molecule has 0 fully saturated rings. The van der Waals surface area contributed by atoms with Crippen molar-refractivity contribution in [2.75, 3.05) is 29.9 Å². The van der Waals surface area contributed by atoms with Gasteiger partial charge in [-0.15, -0.1) is 0 Å². The largest absolute Gasteiger partial charge is 0.481 e. The van der Waals surface area contributed by atoms with Gasteiger partial charge in [0.15, 0.2) is 0 Å². The number of carbonyl (C=O) groups is 1. The third-order valence-corrected chi connectivity index (χ3v) is 3.09. The monoisotopic (exact) mass is 284 g/mol. The van der Waals surface area contributed by atoms with Crippen LogP contribution in [0.15, 0.2) is 22.7 Å². The molecule has 2 N–H and O–H groups in total. The predicted octanol–water partition coefficient (Wildman–Crippen LogP) is 2.16. The van der Waals surface area contributed by atoms with E-state index < -0.39 is 5.97 Å². The molecule has 5 heteroatoms. The average molecular weight is 285 g/mol. The van der Waals surface area contributed by atoms with Gasteiger partial charge in [0.05, 0.1) is 17.8 Å². The van der Waals surface area contributed by atoms with Crippen LogP contribution in [0.1, 0.15) is 6.42 Å². The molecule has 86 valence electrons. The van der Waals surface area contributed by atoms with Gasteiger partial charge < -0.3 is 15.3 Å². The summed E-state index contributed by atoms with van der Waals surface area (Å²) in [5.74, 6) is -0.755. The lowest BCUT2D eigenvalue weighted by Gasteiger charge is -2.31. The van der Waals surface area contributed by atoms with E-state index in [-0.39, 0.29) is 6.42 Å². The zero-order valence-electron chi connectivity index (χ0n) is 8.74. The fourth-order valence-corrected chi connectivity index (χ4v) is 2.17. The Balaban J connectivity index is 2.18. The number of hydrogen-bond acceptors (Lipinski definition) is 3. The maximum Gasteiger partial charge on any atom is 0.305 e. The molecule has 1 aromatic carbocycles. The zero-order chi connectivity index (χ0) is 11.5. The van der Waals surface area contributed by atoms with Crippen molar-refractivity contribution in [3.05, 3.63) is 22.7 Å². The molecule has 2 rings (SSSR count). The molecule has 4 nitrogen and oxygen atoms in total. The maximum absolute atomic E-state index is 10.6. The summed E-state index contributed by atoms with van der Waals surface area (Å²) in [6, 6.07) is 6.00. The first-order chi connectivity index (χ1) is 7.66. The molecule has 0 aromatic heterocycles. The summed E-state index contributed by atoms with van der Waals surface area (Å²) >= 11 is 3.43. The Bertz CT molecular complexity index is 409. The van der Waals surface area contributed by atoms with E-state index in [9.17, 15) is 4.79 Å². The van der Waals surface area contributed by atoms with Gasteiger partial charge in [-0.3, -0.25) is 4.79 Å². The number of nitrogens with zero attached hydrogens (tertiary/aromatic N) is 1. The van der Waals surface area contributed by atoms with Crippen LogP contribution in [0.5, 0.6) is 0 Å². The number of benzene rings is 1. The number of fused-ring (bicyclic) bond motifs is 1. The number of carboxylic acid groups (broad SMARTS) is 1. The Morgan fingerprint density at radius 3 is 3.12 bits per heavy atom. The molecule has 16 heavy (non-hydrogen) atoms. The number of aliphatic carboxylic acids is 1. The first kappa shape index (κ1) is 11.3. The predicted molar refractivity (Wildman–Crippen MR) is 67.1 cm³/mol.